The average Bonchev–Trinajstić information content (AvgIpc) is 2.66. The summed E-state index contributed by atoms with van der Waals surface area (Å²) in [6.07, 6.45) is 1.29. The van der Waals surface area contributed by atoms with Crippen molar-refractivity contribution in [2.24, 2.45) is 16.5 Å². The summed E-state index contributed by atoms with van der Waals surface area (Å²) >= 11 is 0. The van der Waals surface area contributed by atoms with E-state index in [0.717, 1.165) is 22.5 Å². The summed E-state index contributed by atoms with van der Waals surface area (Å²) in [5.41, 5.74) is 15.3. The van der Waals surface area contributed by atoms with Gasteiger partial charge in [-0.1, -0.05) is 24.0 Å². The van der Waals surface area contributed by atoms with Crippen molar-refractivity contribution >= 4 is 30.1 Å². The molecule has 0 bridgehead atoms. The Morgan fingerprint density at radius 3 is 2.54 bits per heavy atom. The van der Waals surface area contributed by atoms with Gasteiger partial charge in [0.1, 0.15) is 6.17 Å². The van der Waals surface area contributed by atoms with Crippen LogP contribution < -0.4 is 25.8 Å². The Hall–Kier alpha value is -2.72. The number of ether oxygens (including phenoxy) is 2. The fourth-order valence-electron chi connectivity index (χ4n) is 2.74. The second kappa shape index (κ2) is 8.59. The van der Waals surface area contributed by atoms with Gasteiger partial charge in [0, 0.05) is 17.2 Å². The lowest BCUT2D eigenvalue weighted by molar-refractivity contribution is 0.354. The molecule has 0 saturated carbocycles. The summed E-state index contributed by atoms with van der Waals surface area (Å²) in [5, 5.41) is 0. The number of rotatable bonds is 3. The first-order chi connectivity index (χ1) is 12.2. The van der Waals surface area contributed by atoms with Gasteiger partial charge < -0.3 is 25.8 Å². The van der Waals surface area contributed by atoms with Crippen LogP contribution in [0, 0.1) is 11.8 Å². The summed E-state index contributed by atoms with van der Waals surface area (Å²) in [7, 11) is 3.19. The molecule has 0 aliphatic carbocycles. The van der Waals surface area contributed by atoms with E-state index >= 15 is 0 Å². The first-order valence-corrected chi connectivity index (χ1v) is 7.81. The monoisotopic (exact) mass is 372 g/mol. The van der Waals surface area contributed by atoms with Crippen LogP contribution in [0.25, 0.3) is 0 Å². The lowest BCUT2D eigenvalue weighted by Crippen LogP contribution is -2.36. The van der Waals surface area contributed by atoms with Crippen molar-refractivity contribution in [1.29, 1.82) is 0 Å². The lowest BCUT2D eigenvalue weighted by atomic mass is 10.0. The van der Waals surface area contributed by atoms with Crippen LogP contribution in [0.3, 0.4) is 0 Å². The van der Waals surface area contributed by atoms with E-state index in [0.29, 0.717) is 18.0 Å². The molecule has 1 aliphatic rings. The SMILES string of the molecule is COc1cc2c(cc1OC)C(N)N(c1ccccc1C#CCN)C=N2.Cl. The number of anilines is 1. The van der Waals surface area contributed by atoms with Gasteiger partial charge in [-0.15, -0.1) is 12.4 Å². The molecule has 1 unspecified atom stereocenters. The van der Waals surface area contributed by atoms with E-state index in [1.54, 1.807) is 20.6 Å². The second-order valence-corrected chi connectivity index (χ2v) is 5.39. The van der Waals surface area contributed by atoms with Crippen LogP contribution >= 0.6 is 12.4 Å². The average molecular weight is 373 g/mol. The van der Waals surface area contributed by atoms with Gasteiger partial charge in [0.05, 0.1) is 38.5 Å². The minimum atomic E-state index is -0.423. The number of nitrogens with zero attached hydrogens (tertiary/aromatic N) is 2. The number of hydrogen-bond acceptors (Lipinski definition) is 6. The molecule has 2 aromatic carbocycles. The predicted molar refractivity (Wildman–Crippen MR) is 107 cm³/mol. The first kappa shape index (κ1) is 19.6. The summed E-state index contributed by atoms with van der Waals surface area (Å²) in [6, 6.07) is 11.4. The van der Waals surface area contributed by atoms with Crippen LogP contribution in [0.2, 0.25) is 0 Å². The van der Waals surface area contributed by atoms with E-state index in [1.807, 2.05) is 41.3 Å². The molecule has 2 aromatic rings. The van der Waals surface area contributed by atoms with Crippen molar-refractivity contribution < 1.29 is 9.47 Å². The Balaban J connectivity index is 0.00000243. The number of halogens is 1. The summed E-state index contributed by atoms with van der Waals surface area (Å²) < 4.78 is 10.7. The van der Waals surface area contributed by atoms with Crippen LogP contribution in [0.15, 0.2) is 41.4 Å². The van der Waals surface area contributed by atoms with Crippen molar-refractivity contribution in [1.82, 2.24) is 0 Å². The largest absolute Gasteiger partial charge is 0.493 e. The van der Waals surface area contributed by atoms with Crippen LogP contribution in [0.4, 0.5) is 11.4 Å². The molecule has 26 heavy (non-hydrogen) atoms. The number of benzene rings is 2. The van der Waals surface area contributed by atoms with Crippen molar-refractivity contribution in [3.63, 3.8) is 0 Å². The molecule has 0 aromatic heterocycles. The molecule has 3 rings (SSSR count). The highest BCUT2D eigenvalue weighted by atomic mass is 35.5. The zero-order chi connectivity index (χ0) is 17.8. The van der Waals surface area contributed by atoms with Gasteiger partial charge in [0.15, 0.2) is 11.5 Å². The van der Waals surface area contributed by atoms with E-state index in [4.69, 9.17) is 20.9 Å². The van der Waals surface area contributed by atoms with Crippen LogP contribution in [0.1, 0.15) is 17.3 Å². The molecule has 0 amide bonds. The van der Waals surface area contributed by atoms with E-state index < -0.39 is 6.17 Å². The lowest BCUT2D eigenvalue weighted by Gasteiger charge is -2.32. The van der Waals surface area contributed by atoms with Crippen molar-refractivity contribution in [2.75, 3.05) is 25.7 Å². The summed E-state index contributed by atoms with van der Waals surface area (Å²) in [4.78, 5) is 6.40. The fourth-order valence-corrected chi connectivity index (χ4v) is 2.74. The second-order valence-electron chi connectivity index (χ2n) is 5.39. The van der Waals surface area contributed by atoms with Crippen molar-refractivity contribution in [3.05, 3.63) is 47.5 Å². The van der Waals surface area contributed by atoms with Gasteiger partial charge in [-0.05, 0) is 18.2 Å². The third kappa shape index (κ3) is 3.60. The highest BCUT2D eigenvalue weighted by Crippen LogP contribution is 2.41. The molecule has 0 fully saturated rings. The smallest absolute Gasteiger partial charge is 0.162 e. The molecule has 136 valence electrons. The first-order valence-electron chi connectivity index (χ1n) is 7.81. The van der Waals surface area contributed by atoms with Gasteiger partial charge >= 0.3 is 0 Å². The predicted octanol–water partition coefficient (Wildman–Crippen LogP) is 2.57. The summed E-state index contributed by atoms with van der Waals surface area (Å²) in [6.45, 7) is 0.300. The zero-order valence-corrected chi connectivity index (χ0v) is 15.4. The van der Waals surface area contributed by atoms with E-state index in [-0.39, 0.29) is 12.4 Å². The van der Waals surface area contributed by atoms with E-state index in [2.05, 4.69) is 16.8 Å². The Bertz CT molecular complexity index is 874. The molecule has 0 saturated heterocycles. The van der Waals surface area contributed by atoms with Crippen molar-refractivity contribution in [3.8, 4) is 23.3 Å². The molecule has 0 spiro atoms. The molecule has 7 heteroatoms. The number of para-hydroxylation sites is 1. The standard InChI is InChI=1S/C19H20N4O2.ClH/c1-24-17-10-14-15(11-18(17)25-2)22-12-23(19(14)21)16-8-4-3-6-13(16)7-5-9-20;/h3-4,6,8,10-12,19H,9,20-21H2,1-2H3;1H. The number of methoxy groups -OCH3 is 2. The van der Waals surface area contributed by atoms with Crippen LogP contribution in [-0.2, 0) is 0 Å². The van der Waals surface area contributed by atoms with Crippen LogP contribution in [0.5, 0.6) is 11.5 Å². The topological polar surface area (TPSA) is 86.1 Å². The number of aliphatic imine (C=N–C) groups is 1. The van der Waals surface area contributed by atoms with Crippen LogP contribution in [-0.4, -0.2) is 27.1 Å². The Kier molecular flexibility index (Phi) is 6.47. The van der Waals surface area contributed by atoms with Gasteiger partial charge in [-0.3, -0.25) is 0 Å². The zero-order valence-electron chi connectivity index (χ0n) is 14.6. The third-order valence-corrected chi connectivity index (χ3v) is 3.98. The van der Waals surface area contributed by atoms with Crippen molar-refractivity contribution in [2.45, 2.75) is 6.17 Å². The third-order valence-electron chi connectivity index (χ3n) is 3.98. The molecule has 0 radical (unpaired) electrons. The molecular weight excluding hydrogens is 352 g/mol. The molecule has 4 N–H and O–H groups in total. The Labute approximate surface area is 159 Å². The van der Waals surface area contributed by atoms with E-state index in [9.17, 15) is 0 Å². The highest BCUT2D eigenvalue weighted by molar-refractivity contribution is 5.88. The molecule has 1 aliphatic heterocycles. The quantitative estimate of drug-likeness (QED) is 0.809. The molecule has 1 atom stereocenters. The molecule has 6 nitrogen and oxygen atoms in total. The van der Waals surface area contributed by atoms with Gasteiger partial charge in [0.2, 0.25) is 0 Å². The minimum Gasteiger partial charge on any atom is -0.493 e. The number of fused-ring (bicyclic) bond motifs is 1. The Morgan fingerprint density at radius 1 is 1.15 bits per heavy atom. The number of hydrogen-bond donors (Lipinski definition) is 2. The van der Waals surface area contributed by atoms with Gasteiger partial charge in [-0.25, -0.2) is 4.99 Å². The van der Waals surface area contributed by atoms with Gasteiger partial charge in [-0.2, -0.15) is 0 Å². The summed E-state index contributed by atoms with van der Waals surface area (Å²) in [5.74, 6) is 7.19. The molecular formula is C19H21ClN4O2. The van der Waals surface area contributed by atoms with E-state index in [1.165, 1.54) is 0 Å². The maximum Gasteiger partial charge on any atom is 0.162 e. The maximum atomic E-state index is 6.50. The highest BCUT2D eigenvalue weighted by Gasteiger charge is 2.25. The minimum absolute atomic E-state index is 0. The van der Waals surface area contributed by atoms with Gasteiger partial charge in [0.25, 0.3) is 0 Å². The number of nitrogens with two attached hydrogens (primary N) is 2. The molecule has 1 heterocycles. The fraction of sp³-hybridized carbons (Fsp3) is 0.211. The normalized spacial score (nSPS) is 14.6. The maximum absolute atomic E-state index is 6.50. The Morgan fingerprint density at radius 2 is 1.85 bits per heavy atom.